The van der Waals surface area contributed by atoms with Gasteiger partial charge in [0.25, 0.3) is 11.8 Å². The van der Waals surface area contributed by atoms with Crippen LogP contribution in [0.3, 0.4) is 0 Å². The first-order chi connectivity index (χ1) is 11.2. The number of carbonyl (C=O) groups is 2. The summed E-state index contributed by atoms with van der Waals surface area (Å²) in [6.45, 7) is 5.26. The average molecular weight is 322 g/mol. The maximum atomic E-state index is 12.1. The van der Waals surface area contributed by atoms with Crippen LogP contribution in [0.2, 0.25) is 0 Å². The van der Waals surface area contributed by atoms with Gasteiger partial charge >= 0.3 is 0 Å². The van der Waals surface area contributed by atoms with E-state index in [1.807, 2.05) is 13.8 Å². The lowest BCUT2D eigenvalue weighted by Gasteiger charge is -2.14. The Labute approximate surface area is 135 Å². The van der Waals surface area contributed by atoms with Crippen LogP contribution in [0, 0.1) is 0 Å². The summed E-state index contributed by atoms with van der Waals surface area (Å²) in [5.74, 6) is 0.300. The molecule has 7 nitrogen and oxygen atoms in total. The van der Waals surface area contributed by atoms with Crippen LogP contribution in [0.1, 0.15) is 37.0 Å². The second kappa shape index (κ2) is 8.38. The second-order valence-electron chi connectivity index (χ2n) is 4.97. The van der Waals surface area contributed by atoms with Crippen molar-refractivity contribution < 1.29 is 23.8 Å². The van der Waals surface area contributed by atoms with Crippen molar-refractivity contribution >= 4 is 11.8 Å². The minimum atomic E-state index is -0.491. The maximum Gasteiger partial charge on any atom is 0.269 e. The first-order valence-corrected chi connectivity index (χ1v) is 7.77. The molecule has 2 amide bonds. The number of rotatable bonds is 6. The molecule has 126 valence electrons. The van der Waals surface area contributed by atoms with E-state index >= 15 is 0 Å². The molecule has 1 aromatic carbocycles. The van der Waals surface area contributed by atoms with Gasteiger partial charge in [0.2, 0.25) is 0 Å². The Kier molecular flexibility index (Phi) is 6.22. The van der Waals surface area contributed by atoms with Crippen molar-refractivity contribution in [3.63, 3.8) is 0 Å². The van der Waals surface area contributed by atoms with E-state index in [2.05, 4.69) is 10.9 Å². The number of hydrogen-bond donors (Lipinski definition) is 2. The third-order valence-corrected chi connectivity index (χ3v) is 3.33. The van der Waals surface area contributed by atoms with E-state index in [0.717, 1.165) is 6.42 Å². The zero-order valence-corrected chi connectivity index (χ0v) is 13.4. The van der Waals surface area contributed by atoms with E-state index in [1.165, 1.54) is 0 Å². The van der Waals surface area contributed by atoms with Crippen LogP contribution >= 0.6 is 0 Å². The highest BCUT2D eigenvalue weighted by Crippen LogP contribution is 2.28. The molecule has 0 bridgehead atoms. The normalized spacial score (nSPS) is 16.7. The van der Waals surface area contributed by atoms with Crippen LogP contribution in [0.5, 0.6) is 11.5 Å². The fourth-order valence-corrected chi connectivity index (χ4v) is 2.25. The Morgan fingerprint density at radius 1 is 1.17 bits per heavy atom. The van der Waals surface area contributed by atoms with Crippen molar-refractivity contribution in [2.45, 2.75) is 32.8 Å². The molecule has 0 unspecified atom stereocenters. The first-order valence-electron chi connectivity index (χ1n) is 7.77. The van der Waals surface area contributed by atoms with Gasteiger partial charge in [-0.05, 0) is 44.9 Å². The van der Waals surface area contributed by atoms with E-state index in [-0.39, 0.29) is 5.91 Å². The van der Waals surface area contributed by atoms with Gasteiger partial charge in [-0.3, -0.25) is 20.4 Å². The van der Waals surface area contributed by atoms with Crippen LogP contribution < -0.4 is 20.3 Å². The van der Waals surface area contributed by atoms with Crippen molar-refractivity contribution in [2.24, 2.45) is 0 Å². The molecule has 7 heteroatoms. The monoisotopic (exact) mass is 322 g/mol. The third kappa shape index (κ3) is 4.59. The van der Waals surface area contributed by atoms with Gasteiger partial charge < -0.3 is 14.2 Å². The van der Waals surface area contributed by atoms with Crippen LogP contribution in [0.15, 0.2) is 18.2 Å². The molecule has 0 aromatic heterocycles. The molecule has 2 rings (SSSR count). The highest BCUT2D eigenvalue weighted by atomic mass is 16.5. The predicted molar refractivity (Wildman–Crippen MR) is 83.4 cm³/mol. The summed E-state index contributed by atoms with van der Waals surface area (Å²) in [5.41, 5.74) is 5.13. The van der Waals surface area contributed by atoms with E-state index in [0.29, 0.717) is 43.3 Å². The number of ether oxygens (including phenoxy) is 3. The fraction of sp³-hybridized carbons (Fsp3) is 0.500. The number of carbonyl (C=O) groups excluding carboxylic acids is 2. The van der Waals surface area contributed by atoms with Gasteiger partial charge in [0.1, 0.15) is 6.10 Å². The molecule has 1 heterocycles. The molecule has 0 spiro atoms. The molecule has 0 saturated carbocycles. The van der Waals surface area contributed by atoms with Crippen molar-refractivity contribution in [3.8, 4) is 11.5 Å². The van der Waals surface area contributed by atoms with Crippen LogP contribution in [-0.4, -0.2) is 37.7 Å². The van der Waals surface area contributed by atoms with Gasteiger partial charge in [-0.1, -0.05) is 0 Å². The third-order valence-electron chi connectivity index (χ3n) is 3.33. The predicted octanol–water partition coefficient (Wildman–Crippen LogP) is 1.42. The van der Waals surface area contributed by atoms with Gasteiger partial charge in [-0.2, -0.15) is 0 Å². The maximum absolute atomic E-state index is 12.1. The zero-order valence-electron chi connectivity index (χ0n) is 13.4. The number of hydrogen-bond acceptors (Lipinski definition) is 5. The number of amides is 2. The fourth-order valence-electron chi connectivity index (χ4n) is 2.25. The molecule has 1 aromatic rings. The summed E-state index contributed by atoms with van der Waals surface area (Å²) in [6.07, 6.45) is 1.02. The highest BCUT2D eigenvalue weighted by Gasteiger charge is 2.24. The molecule has 1 saturated heterocycles. The Hall–Kier alpha value is -2.28. The van der Waals surface area contributed by atoms with E-state index < -0.39 is 12.0 Å². The Morgan fingerprint density at radius 2 is 1.91 bits per heavy atom. The van der Waals surface area contributed by atoms with Gasteiger partial charge in [-0.25, -0.2) is 0 Å². The van der Waals surface area contributed by atoms with Crippen LogP contribution in [-0.2, 0) is 9.53 Å². The van der Waals surface area contributed by atoms with Crippen molar-refractivity contribution in [1.29, 1.82) is 0 Å². The standard InChI is InChI=1S/C16H22N2O5/c1-3-21-12-8-7-11(10-14(12)22-4-2)15(19)17-18-16(20)13-6-5-9-23-13/h7-8,10,13H,3-6,9H2,1-2H3,(H,17,19)(H,18,20)/t13-/m1/s1. The minimum absolute atomic E-state index is 0.341. The van der Waals surface area contributed by atoms with E-state index in [9.17, 15) is 9.59 Å². The quantitative estimate of drug-likeness (QED) is 0.774. The smallest absolute Gasteiger partial charge is 0.269 e. The molecular weight excluding hydrogens is 300 g/mol. The van der Waals surface area contributed by atoms with Gasteiger partial charge in [0, 0.05) is 12.2 Å². The summed E-state index contributed by atoms with van der Waals surface area (Å²) >= 11 is 0. The molecule has 1 fully saturated rings. The summed E-state index contributed by atoms with van der Waals surface area (Å²) in [4.78, 5) is 23.9. The summed E-state index contributed by atoms with van der Waals surface area (Å²) in [6, 6.07) is 4.87. The zero-order chi connectivity index (χ0) is 16.7. The Morgan fingerprint density at radius 3 is 2.57 bits per heavy atom. The van der Waals surface area contributed by atoms with Crippen molar-refractivity contribution in [3.05, 3.63) is 23.8 Å². The van der Waals surface area contributed by atoms with Crippen molar-refractivity contribution in [1.82, 2.24) is 10.9 Å². The molecular formula is C16H22N2O5. The molecule has 0 radical (unpaired) electrons. The molecule has 23 heavy (non-hydrogen) atoms. The Bertz CT molecular complexity index is 555. The molecule has 1 atom stereocenters. The summed E-state index contributed by atoms with van der Waals surface area (Å²) in [7, 11) is 0. The molecule has 1 aliphatic rings. The minimum Gasteiger partial charge on any atom is -0.490 e. The largest absolute Gasteiger partial charge is 0.490 e. The average Bonchev–Trinajstić information content (AvgIpc) is 3.09. The van der Waals surface area contributed by atoms with Gasteiger partial charge in [0.15, 0.2) is 11.5 Å². The van der Waals surface area contributed by atoms with Gasteiger partial charge in [0.05, 0.1) is 13.2 Å². The molecule has 2 N–H and O–H groups in total. The Balaban J connectivity index is 1.97. The summed E-state index contributed by atoms with van der Waals surface area (Å²) < 4.78 is 16.2. The number of hydrazine groups is 1. The highest BCUT2D eigenvalue weighted by molar-refractivity contribution is 5.96. The van der Waals surface area contributed by atoms with Gasteiger partial charge in [-0.15, -0.1) is 0 Å². The van der Waals surface area contributed by atoms with Crippen LogP contribution in [0.25, 0.3) is 0 Å². The number of benzene rings is 1. The second-order valence-corrected chi connectivity index (χ2v) is 4.97. The summed E-state index contributed by atoms with van der Waals surface area (Å²) in [5, 5.41) is 0. The van der Waals surface area contributed by atoms with Crippen LogP contribution in [0.4, 0.5) is 0 Å². The topological polar surface area (TPSA) is 85.9 Å². The lowest BCUT2D eigenvalue weighted by atomic mass is 10.2. The van der Waals surface area contributed by atoms with Crippen molar-refractivity contribution in [2.75, 3.05) is 19.8 Å². The van der Waals surface area contributed by atoms with E-state index in [1.54, 1.807) is 18.2 Å². The lowest BCUT2D eigenvalue weighted by Crippen LogP contribution is -2.46. The molecule has 0 aliphatic carbocycles. The SMILES string of the molecule is CCOc1ccc(C(=O)NNC(=O)[C@H]2CCCO2)cc1OCC. The number of nitrogens with one attached hydrogen (secondary N) is 2. The lowest BCUT2D eigenvalue weighted by molar-refractivity contribution is -0.130. The molecule has 1 aliphatic heterocycles. The first kappa shape index (κ1) is 17.1. The van der Waals surface area contributed by atoms with E-state index in [4.69, 9.17) is 14.2 Å².